The van der Waals surface area contributed by atoms with Crippen LogP contribution in [0.5, 0.6) is 11.5 Å². The predicted molar refractivity (Wildman–Crippen MR) is 134 cm³/mol. The third-order valence-electron chi connectivity index (χ3n) is 5.69. The zero-order valence-electron chi connectivity index (χ0n) is 20.4. The molecule has 0 saturated carbocycles. The Morgan fingerprint density at radius 1 is 1.09 bits per heavy atom. The van der Waals surface area contributed by atoms with E-state index in [1.54, 1.807) is 19.6 Å². The fourth-order valence-electron chi connectivity index (χ4n) is 3.74. The van der Waals surface area contributed by atoms with Crippen molar-refractivity contribution in [2.24, 2.45) is 0 Å². The third kappa shape index (κ3) is 8.14. The van der Waals surface area contributed by atoms with Gasteiger partial charge in [0.15, 0.2) is 0 Å². The lowest BCUT2D eigenvalue weighted by Crippen LogP contribution is -2.44. The Kier molecular flexibility index (Phi) is 9.82. The second kappa shape index (κ2) is 13.3. The van der Waals surface area contributed by atoms with Gasteiger partial charge in [0.05, 0.1) is 20.0 Å². The van der Waals surface area contributed by atoms with Crippen LogP contribution in [0.3, 0.4) is 0 Å². The van der Waals surface area contributed by atoms with E-state index in [-0.39, 0.29) is 12.1 Å². The number of carbonyl (C=O) groups excluding carboxylic acids is 1. The van der Waals surface area contributed by atoms with Crippen molar-refractivity contribution in [3.63, 3.8) is 0 Å². The fraction of sp³-hybridized carbons (Fsp3) is 0.407. The molecular weight excluding hydrogens is 428 g/mol. The maximum Gasteiger partial charge on any atom is 0.317 e. The highest BCUT2D eigenvalue weighted by Gasteiger charge is 2.16. The number of ether oxygens (including phenoxy) is 2. The number of amides is 2. The minimum Gasteiger partial charge on any atom is -0.497 e. The van der Waals surface area contributed by atoms with Crippen LogP contribution in [0.1, 0.15) is 37.8 Å². The minimum absolute atomic E-state index is 0.0400. The van der Waals surface area contributed by atoms with Crippen molar-refractivity contribution in [2.75, 3.05) is 20.3 Å². The van der Waals surface area contributed by atoms with Gasteiger partial charge in [-0.3, -0.25) is 0 Å². The summed E-state index contributed by atoms with van der Waals surface area (Å²) in [5.41, 5.74) is 2.31. The number of aromatic nitrogens is 2. The molecule has 0 aliphatic carbocycles. The van der Waals surface area contributed by atoms with Crippen LogP contribution in [0.4, 0.5) is 4.79 Å². The Bertz CT molecular complexity index is 972. The van der Waals surface area contributed by atoms with Crippen molar-refractivity contribution >= 4 is 6.03 Å². The highest BCUT2D eigenvalue weighted by molar-refractivity contribution is 5.74. The number of rotatable bonds is 13. The van der Waals surface area contributed by atoms with Gasteiger partial charge >= 0.3 is 6.03 Å². The number of nitrogens with zero attached hydrogens (tertiary/aromatic N) is 3. The highest BCUT2D eigenvalue weighted by Crippen LogP contribution is 2.15. The van der Waals surface area contributed by atoms with Crippen LogP contribution < -0.4 is 14.8 Å². The number of hydrogen-bond donors (Lipinski definition) is 1. The molecule has 0 saturated heterocycles. The van der Waals surface area contributed by atoms with Crippen LogP contribution in [0, 0.1) is 0 Å². The number of carbonyl (C=O) groups is 1. The van der Waals surface area contributed by atoms with E-state index in [0.29, 0.717) is 19.7 Å². The molecule has 3 rings (SSSR count). The van der Waals surface area contributed by atoms with E-state index in [4.69, 9.17) is 9.47 Å². The summed E-state index contributed by atoms with van der Waals surface area (Å²) in [6.45, 7) is 6.68. The molecule has 1 N–H and O–H groups in total. The van der Waals surface area contributed by atoms with E-state index < -0.39 is 0 Å². The second-order valence-corrected chi connectivity index (χ2v) is 8.39. The maximum atomic E-state index is 13.2. The first-order chi connectivity index (χ1) is 16.6. The number of urea groups is 1. The first-order valence-corrected chi connectivity index (χ1v) is 11.9. The quantitative estimate of drug-likeness (QED) is 0.390. The molecular formula is C27H36N4O3. The van der Waals surface area contributed by atoms with Crippen molar-refractivity contribution in [3.05, 3.63) is 78.4 Å². The van der Waals surface area contributed by atoms with Crippen LogP contribution >= 0.6 is 0 Å². The molecule has 0 radical (unpaired) electrons. The van der Waals surface area contributed by atoms with Gasteiger partial charge in [0.2, 0.25) is 0 Å². The lowest BCUT2D eigenvalue weighted by molar-refractivity contribution is 0.189. The molecule has 7 nitrogen and oxygen atoms in total. The van der Waals surface area contributed by atoms with Gasteiger partial charge in [-0.25, -0.2) is 9.78 Å². The van der Waals surface area contributed by atoms with Crippen LogP contribution in [0.25, 0.3) is 0 Å². The van der Waals surface area contributed by atoms with Gasteiger partial charge in [0.25, 0.3) is 0 Å². The number of hydrogen-bond acceptors (Lipinski definition) is 4. The van der Waals surface area contributed by atoms with E-state index >= 15 is 0 Å². The standard InChI is InChI=1S/C27H36N4O3/c1-4-34-26-14-10-24(11-15-26)20-31(18-5-17-30-19-16-28-21-30)27(32)29-22(2)6-7-23-8-12-25(33-3)13-9-23/h8-16,19,21-22H,4-7,17-18,20H2,1-3H3,(H,29,32). The molecule has 34 heavy (non-hydrogen) atoms. The molecule has 0 aliphatic heterocycles. The Hall–Kier alpha value is -3.48. The second-order valence-electron chi connectivity index (χ2n) is 8.39. The maximum absolute atomic E-state index is 13.2. The molecule has 1 heterocycles. The van der Waals surface area contributed by atoms with Crippen LogP contribution in [0.15, 0.2) is 67.3 Å². The zero-order chi connectivity index (χ0) is 24.2. The van der Waals surface area contributed by atoms with E-state index in [0.717, 1.165) is 42.9 Å². The summed E-state index contributed by atoms with van der Waals surface area (Å²) >= 11 is 0. The van der Waals surface area contributed by atoms with Gasteiger partial charge in [-0.1, -0.05) is 24.3 Å². The monoisotopic (exact) mass is 464 g/mol. The van der Waals surface area contributed by atoms with Gasteiger partial charge in [-0.15, -0.1) is 0 Å². The smallest absolute Gasteiger partial charge is 0.317 e. The van der Waals surface area contributed by atoms with Gasteiger partial charge in [-0.05, 0) is 68.5 Å². The SMILES string of the molecule is CCOc1ccc(CN(CCCn2ccnc2)C(=O)NC(C)CCc2ccc(OC)cc2)cc1. The summed E-state index contributed by atoms with van der Waals surface area (Å²) in [6.07, 6.45) is 8.13. The minimum atomic E-state index is -0.0400. The van der Waals surface area contributed by atoms with Crippen molar-refractivity contribution in [1.82, 2.24) is 19.8 Å². The predicted octanol–water partition coefficient (Wildman–Crippen LogP) is 4.91. The number of aryl methyl sites for hydroxylation is 2. The van der Waals surface area contributed by atoms with Crippen molar-refractivity contribution in [2.45, 2.75) is 52.2 Å². The van der Waals surface area contributed by atoms with E-state index in [2.05, 4.69) is 29.4 Å². The van der Waals surface area contributed by atoms with Crippen LogP contribution in [-0.4, -0.2) is 46.8 Å². The van der Waals surface area contributed by atoms with Crippen LogP contribution in [0.2, 0.25) is 0 Å². The van der Waals surface area contributed by atoms with Crippen molar-refractivity contribution < 1.29 is 14.3 Å². The molecule has 2 aromatic carbocycles. The van der Waals surface area contributed by atoms with Crippen molar-refractivity contribution in [3.8, 4) is 11.5 Å². The molecule has 7 heteroatoms. The number of nitrogens with one attached hydrogen (secondary N) is 1. The Morgan fingerprint density at radius 2 is 1.79 bits per heavy atom. The first kappa shape index (κ1) is 25.1. The van der Waals surface area contributed by atoms with Gasteiger partial charge in [0, 0.05) is 38.1 Å². The number of methoxy groups -OCH3 is 1. The van der Waals surface area contributed by atoms with E-state index in [1.807, 2.05) is 59.0 Å². The summed E-state index contributed by atoms with van der Waals surface area (Å²) in [7, 11) is 1.67. The lowest BCUT2D eigenvalue weighted by Gasteiger charge is -2.26. The average Bonchev–Trinajstić information content (AvgIpc) is 3.37. The van der Waals surface area contributed by atoms with Crippen LogP contribution in [-0.2, 0) is 19.5 Å². The summed E-state index contributed by atoms with van der Waals surface area (Å²) in [4.78, 5) is 19.1. The average molecular weight is 465 g/mol. The Morgan fingerprint density at radius 3 is 2.44 bits per heavy atom. The summed E-state index contributed by atoms with van der Waals surface area (Å²) < 4.78 is 12.8. The Balaban J connectivity index is 1.56. The van der Waals surface area contributed by atoms with Gasteiger partial charge in [0.1, 0.15) is 11.5 Å². The molecule has 182 valence electrons. The zero-order valence-corrected chi connectivity index (χ0v) is 20.4. The van der Waals surface area contributed by atoms with Gasteiger partial charge in [-0.2, -0.15) is 0 Å². The lowest BCUT2D eigenvalue weighted by atomic mass is 10.1. The largest absolute Gasteiger partial charge is 0.497 e. The molecule has 0 spiro atoms. The molecule has 1 atom stereocenters. The van der Waals surface area contributed by atoms with E-state index in [9.17, 15) is 4.79 Å². The van der Waals surface area contributed by atoms with Crippen molar-refractivity contribution in [1.29, 1.82) is 0 Å². The molecule has 2 amide bonds. The molecule has 1 aromatic heterocycles. The molecule has 3 aromatic rings. The molecule has 0 fully saturated rings. The highest BCUT2D eigenvalue weighted by atomic mass is 16.5. The van der Waals surface area contributed by atoms with E-state index in [1.165, 1.54) is 5.56 Å². The summed E-state index contributed by atoms with van der Waals surface area (Å²) in [6, 6.07) is 16.1. The summed E-state index contributed by atoms with van der Waals surface area (Å²) in [5, 5.41) is 3.19. The summed E-state index contributed by atoms with van der Waals surface area (Å²) in [5.74, 6) is 1.69. The molecule has 0 aliphatic rings. The molecule has 0 bridgehead atoms. The first-order valence-electron chi connectivity index (χ1n) is 11.9. The van der Waals surface area contributed by atoms with Gasteiger partial charge < -0.3 is 24.3 Å². The molecule has 1 unspecified atom stereocenters. The third-order valence-corrected chi connectivity index (χ3v) is 5.69. The number of imidazole rings is 1. The fourth-order valence-corrected chi connectivity index (χ4v) is 3.74. The normalized spacial score (nSPS) is 11.6. The topological polar surface area (TPSA) is 68.6 Å². The Labute approximate surface area is 202 Å². The number of benzene rings is 2.